The molecule has 1 heteroatoms. The van der Waals surface area contributed by atoms with E-state index in [2.05, 4.69) is 20.8 Å². The second-order valence-corrected chi connectivity index (χ2v) is 3.20. The molecule has 0 heterocycles. The smallest absolute Gasteiger partial charge is 0.0249 e. The molecular weight excluding hydrogens is 120 g/mol. The molecule has 0 fully saturated rings. The van der Waals surface area contributed by atoms with Crippen molar-refractivity contribution >= 4 is 11.6 Å². The first-order valence-corrected chi connectivity index (χ1v) is 3.76. The van der Waals surface area contributed by atoms with Crippen LogP contribution in [-0.4, -0.2) is 5.88 Å². The Kier molecular flexibility index (Phi) is 4.35. The van der Waals surface area contributed by atoms with E-state index < -0.39 is 0 Å². The van der Waals surface area contributed by atoms with E-state index in [1.165, 1.54) is 6.42 Å². The zero-order valence-electron chi connectivity index (χ0n) is 5.95. The Balaban J connectivity index is 3.10. The molecular formula is C7H15Cl. The molecule has 0 saturated heterocycles. The Morgan fingerprint density at radius 2 is 1.75 bits per heavy atom. The van der Waals surface area contributed by atoms with Gasteiger partial charge in [-0.2, -0.15) is 0 Å². The first-order valence-electron chi connectivity index (χ1n) is 3.22. The maximum atomic E-state index is 5.60. The zero-order chi connectivity index (χ0) is 6.57. The molecule has 0 aliphatic rings. The van der Waals surface area contributed by atoms with Gasteiger partial charge in [-0.05, 0) is 18.3 Å². The Bertz CT molecular complexity index is 50.3. The summed E-state index contributed by atoms with van der Waals surface area (Å²) in [6.45, 7) is 6.64. The summed E-state index contributed by atoms with van der Waals surface area (Å²) in [5.74, 6) is 2.29. The minimum Gasteiger partial charge on any atom is -0.126 e. The van der Waals surface area contributed by atoms with E-state index >= 15 is 0 Å². The predicted molar refractivity (Wildman–Crippen MR) is 39.3 cm³/mol. The lowest BCUT2D eigenvalue weighted by molar-refractivity contribution is 0.473. The number of hydrogen-bond donors (Lipinski definition) is 0. The van der Waals surface area contributed by atoms with Crippen LogP contribution in [0.4, 0.5) is 0 Å². The van der Waals surface area contributed by atoms with Gasteiger partial charge in [0, 0.05) is 5.88 Å². The molecule has 1 unspecified atom stereocenters. The fourth-order valence-electron chi connectivity index (χ4n) is 0.868. The van der Waals surface area contributed by atoms with Crippen LogP contribution in [0.2, 0.25) is 0 Å². The largest absolute Gasteiger partial charge is 0.126 e. The summed E-state index contributed by atoms with van der Waals surface area (Å²) in [4.78, 5) is 0. The Morgan fingerprint density at radius 3 is 1.88 bits per heavy atom. The van der Waals surface area contributed by atoms with Crippen molar-refractivity contribution in [2.75, 3.05) is 5.88 Å². The van der Waals surface area contributed by atoms with Crippen LogP contribution in [0.3, 0.4) is 0 Å². The second kappa shape index (κ2) is 4.20. The number of alkyl halides is 1. The molecule has 1 atom stereocenters. The van der Waals surface area contributed by atoms with E-state index in [-0.39, 0.29) is 0 Å². The zero-order valence-corrected chi connectivity index (χ0v) is 6.70. The van der Waals surface area contributed by atoms with Crippen LogP contribution in [-0.2, 0) is 0 Å². The topological polar surface area (TPSA) is 0 Å². The van der Waals surface area contributed by atoms with Gasteiger partial charge in [0.05, 0.1) is 0 Å². The van der Waals surface area contributed by atoms with Gasteiger partial charge < -0.3 is 0 Å². The van der Waals surface area contributed by atoms with E-state index in [0.717, 1.165) is 11.8 Å². The van der Waals surface area contributed by atoms with Crippen LogP contribution in [0.25, 0.3) is 0 Å². The van der Waals surface area contributed by atoms with E-state index in [4.69, 9.17) is 11.6 Å². The molecule has 8 heavy (non-hydrogen) atoms. The average Bonchev–Trinajstić information content (AvgIpc) is 1.65. The summed E-state index contributed by atoms with van der Waals surface area (Å²) in [6.07, 6.45) is 1.25. The van der Waals surface area contributed by atoms with Gasteiger partial charge in [0.25, 0.3) is 0 Å². The first-order chi connectivity index (χ1) is 3.66. The molecule has 0 amide bonds. The first kappa shape index (κ1) is 8.29. The summed E-state index contributed by atoms with van der Waals surface area (Å²) < 4.78 is 0. The van der Waals surface area contributed by atoms with Gasteiger partial charge in [-0.1, -0.05) is 20.8 Å². The minimum atomic E-state index is 0.691. The molecule has 0 aromatic rings. The van der Waals surface area contributed by atoms with Gasteiger partial charge in [0.2, 0.25) is 0 Å². The summed E-state index contributed by atoms with van der Waals surface area (Å²) in [6, 6.07) is 0. The predicted octanol–water partition coefficient (Wildman–Crippen LogP) is 2.91. The maximum Gasteiger partial charge on any atom is 0.0249 e. The lowest BCUT2D eigenvalue weighted by Gasteiger charge is -2.08. The number of hydrogen-bond acceptors (Lipinski definition) is 0. The van der Waals surface area contributed by atoms with Crippen molar-refractivity contribution in [3.8, 4) is 0 Å². The highest BCUT2D eigenvalue weighted by atomic mass is 35.5. The standard InChI is InChI=1S/C7H15Cl/c1-6(2)4-7(3)5-8/h6-7H,4-5H2,1-3H3. The molecule has 0 radical (unpaired) electrons. The minimum absolute atomic E-state index is 0.691. The van der Waals surface area contributed by atoms with Crippen molar-refractivity contribution in [3.63, 3.8) is 0 Å². The van der Waals surface area contributed by atoms with Crippen LogP contribution < -0.4 is 0 Å². The van der Waals surface area contributed by atoms with Crippen molar-refractivity contribution in [1.29, 1.82) is 0 Å². The van der Waals surface area contributed by atoms with E-state index in [0.29, 0.717) is 5.92 Å². The molecule has 0 bridgehead atoms. The lowest BCUT2D eigenvalue weighted by atomic mass is 10.0. The van der Waals surface area contributed by atoms with Crippen LogP contribution in [0.15, 0.2) is 0 Å². The molecule has 0 nitrogen and oxygen atoms in total. The molecule has 0 N–H and O–H groups in total. The van der Waals surface area contributed by atoms with Crippen molar-refractivity contribution in [1.82, 2.24) is 0 Å². The normalized spacial score (nSPS) is 14.6. The van der Waals surface area contributed by atoms with Crippen molar-refractivity contribution in [2.24, 2.45) is 11.8 Å². The molecule has 0 aromatic heterocycles. The van der Waals surface area contributed by atoms with Crippen LogP contribution in [0.5, 0.6) is 0 Å². The fraction of sp³-hybridized carbons (Fsp3) is 1.00. The Labute approximate surface area is 57.2 Å². The molecule has 0 spiro atoms. The number of rotatable bonds is 3. The van der Waals surface area contributed by atoms with Gasteiger partial charge >= 0.3 is 0 Å². The fourth-order valence-corrected chi connectivity index (χ4v) is 0.994. The summed E-state index contributed by atoms with van der Waals surface area (Å²) >= 11 is 5.60. The Morgan fingerprint density at radius 1 is 1.25 bits per heavy atom. The second-order valence-electron chi connectivity index (χ2n) is 2.89. The van der Waals surface area contributed by atoms with Gasteiger partial charge in [-0.25, -0.2) is 0 Å². The maximum absolute atomic E-state index is 5.60. The summed E-state index contributed by atoms with van der Waals surface area (Å²) in [7, 11) is 0. The van der Waals surface area contributed by atoms with Gasteiger partial charge in [0.15, 0.2) is 0 Å². The molecule has 0 saturated carbocycles. The SMILES string of the molecule is CC(C)CC(C)CCl. The van der Waals surface area contributed by atoms with Gasteiger partial charge in [-0.3, -0.25) is 0 Å². The van der Waals surface area contributed by atoms with Crippen molar-refractivity contribution in [2.45, 2.75) is 27.2 Å². The third kappa shape index (κ3) is 4.45. The van der Waals surface area contributed by atoms with Crippen molar-refractivity contribution in [3.05, 3.63) is 0 Å². The van der Waals surface area contributed by atoms with Crippen LogP contribution in [0.1, 0.15) is 27.2 Å². The Hall–Kier alpha value is 0.290. The lowest BCUT2D eigenvalue weighted by Crippen LogP contribution is -2.00. The van der Waals surface area contributed by atoms with Gasteiger partial charge in [0.1, 0.15) is 0 Å². The highest BCUT2D eigenvalue weighted by Gasteiger charge is 2.01. The van der Waals surface area contributed by atoms with Crippen LogP contribution >= 0.6 is 11.6 Å². The van der Waals surface area contributed by atoms with E-state index in [9.17, 15) is 0 Å². The third-order valence-electron chi connectivity index (χ3n) is 1.14. The molecule has 0 aliphatic heterocycles. The average molecular weight is 135 g/mol. The quantitative estimate of drug-likeness (QED) is 0.521. The van der Waals surface area contributed by atoms with Crippen molar-refractivity contribution < 1.29 is 0 Å². The highest BCUT2D eigenvalue weighted by Crippen LogP contribution is 2.11. The summed E-state index contributed by atoms with van der Waals surface area (Å²) in [5, 5.41) is 0. The molecule has 0 aliphatic carbocycles. The van der Waals surface area contributed by atoms with Crippen LogP contribution in [0, 0.1) is 11.8 Å². The van der Waals surface area contributed by atoms with Gasteiger partial charge in [-0.15, -0.1) is 11.6 Å². The molecule has 50 valence electrons. The monoisotopic (exact) mass is 134 g/mol. The summed E-state index contributed by atoms with van der Waals surface area (Å²) in [5.41, 5.74) is 0. The van der Waals surface area contributed by atoms with E-state index in [1.54, 1.807) is 0 Å². The highest BCUT2D eigenvalue weighted by molar-refractivity contribution is 6.18. The number of halogens is 1. The third-order valence-corrected chi connectivity index (χ3v) is 1.66. The van der Waals surface area contributed by atoms with E-state index in [1.807, 2.05) is 0 Å². The molecule has 0 aromatic carbocycles. The molecule has 0 rings (SSSR count).